The highest BCUT2D eigenvalue weighted by Gasteiger charge is 2.21. The first kappa shape index (κ1) is 23.9. The van der Waals surface area contributed by atoms with E-state index in [4.69, 9.17) is 9.57 Å². The molecular formula is C21H25N3O6S2. The number of carbonyl (C=O) groups is 2. The zero-order valence-corrected chi connectivity index (χ0v) is 19.5. The molecule has 32 heavy (non-hydrogen) atoms. The number of nitrogens with zero attached hydrogens (tertiary/aromatic N) is 2. The van der Waals surface area contributed by atoms with Crippen molar-refractivity contribution in [1.82, 2.24) is 4.98 Å². The summed E-state index contributed by atoms with van der Waals surface area (Å²) in [4.78, 5) is 35.1. The summed E-state index contributed by atoms with van der Waals surface area (Å²) in [5, 5.41) is 7.08. The van der Waals surface area contributed by atoms with Crippen LogP contribution in [0.2, 0.25) is 0 Å². The minimum Gasteiger partial charge on any atom is -0.466 e. The molecular weight excluding hydrogens is 454 g/mol. The van der Waals surface area contributed by atoms with E-state index in [1.807, 2.05) is 0 Å². The molecule has 0 radical (unpaired) electrons. The summed E-state index contributed by atoms with van der Waals surface area (Å²) in [6.45, 7) is 2.02. The van der Waals surface area contributed by atoms with Gasteiger partial charge in [-0.1, -0.05) is 17.3 Å². The second-order valence-electron chi connectivity index (χ2n) is 7.32. The molecule has 0 spiro atoms. The number of hydrogen-bond donors (Lipinski definition) is 1. The number of oxime groups is 1. The van der Waals surface area contributed by atoms with E-state index in [9.17, 15) is 18.0 Å². The Morgan fingerprint density at radius 3 is 2.53 bits per heavy atom. The van der Waals surface area contributed by atoms with Crippen LogP contribution in [0.15, 0.2) is 40.5 Å². The van der Waals surface area contributed by atoms with E-state index in [2.05, 4.69) is 15.5 Å². The van der Waals surface area contributed by atoms with Crippen LogP contribution < -0.4 is 5.32 Å². The van der Waals surface area contributed by atoms with Crippen molar-refractivity contribution in [2.75, 3.05) is 18.2 Å². The van der Waals surface area contributed by atoms with Gasteiger partial charge in [0.05, 0.1) is 17.9 Å². The average molecular weight is 480 g/mol. The fraction of sp³-hybridized carbons (Fsp3) is 0.429. The Hall–Kier alpha value is -2.79. The van der Waals surface area contributed by atoms with Gasteiger partial charge in [-0.15, -0.1) is 11.3 Å². The van der Waals surface area contributed by atoms with Crippen LogP contribution in [0.1, 0.15) is 43.0 Å². The van der Waals surface area contributed by atoms with E-state index in [1.54, 1.807) is 6.92 Å². The number of ether oxygens (including phenoxy) is 1. The quantitative estimate of drug-likeness (QED) is 0.333. The molecule has 0 aliphatic heterocycles. The van der Waals surface area contributed by atoms with Crippen LogP contribution in [0.3, 0.4) is 0 Å². The second-order valence-corrected chi connectivity index (χ2v) is 10.4. The fourth-order valence-electron chi connectivity index (χ4n) is 3.16. The molecule has 0 atom stereocenters. The van der Waals surface area contributed by atoms with Gasteiger partial charge in [0.15, 0.2) is 20.7 Å². The van der Waals surface area contributed by atoms with Crippen LogP contribution in [0.4, 0.5) is 5.13 Å². The van der Waals surface area contributed by atoms with E-state index in [0.29, 0.717) is 22.2 Å². The Balaban J connectivity index is 1.78. The third-order valence-electron chi connectivity index (χ3n) is 4.76. The van der Waals surface area contributed by atoms with E-state index in [0.717, 1.165) is 43.3 Å². The number of rotatable bonds is 9. The van der Waals surface area contributed by atoms with E-state index in [1.165, 1.54) is 30.5 Å². The number of anilines is 1. The summed E-state index contributed by atoms with van der Waals surface area (Å²) in [6.07, 6.45) is 6.47. The van der Waals surface area contributed by atoms with Crippen LogP contribution in [-0.2, 0) is 35.4 Å². The monoisotopic (exact) mass is 479 g/mol. The lowest BCUT2D eigenvalue weighted by atomic mass is 10.1. The molecule has 2 aromatic rings. The lowest BCUT2D eigenvalue weighted by Gasteiger charge is -2.10. The molecule has 1 heterocycles. The highest BCUT2D eigenvalue weighted by Crippen LogP contribution is 2.23. The smallest absolute Gasteiger partial charge is 0.311 e. The molecule has 1 fully saturated rings. The van der Waals surface area contributed by atoms with Gasteiger partial charge in [0.25, 0.3) is 5.91 Å². The van der Waals surface area contributed by atoms with E-state index >= 15 is 0 Å². The summed E-state index contributed by atoms with van der Waals surface area (Å²) < 4.78 is 28.4. The lowest BCUT2D eigenvalue weighted by Crippen LogP contribution is -2.25. The first-order valence-corrected chi connectivity index (χ1v) is 12.9. The van der Waals surface area contributed by atoms with Crippen molar-refractivity contribution in [2.24, 2.45) is 5.16 Å². The number of nitrogens with one attached hydrogen (secondary N) is 1. The van der Waals surface area contributed by atoms with Crippen LogP contribution in [0, 0.1) is 0 Å². The highest BCUT2D eigenvalue weighted by atomic mass is 32.2. The Morgan fingerprint density at radius 1 is 1.22 bits per heavy atom. The molecule has 3 rings (SSSR count). The number of amides is 1. The predicted octanol–water partition coefficient (Wildman–Crippen LogP) is 2.95. The molecule has 1 aliphatic rings. The van der Waals surface area contributed by atoms with Gasteiger partial charge in [0.1, 0.15) is 6.10 Å². The number of esters is 1. The maximum absolute atomic E-state index is 13.0. The summed E-state index contributed by atoms with van der Waals surface area (Å²) in [5.74, 6) is -0.917. The Labute approximate surface area is 190 Å². The van der Waals surface area contributed by atoms with Crippen molar-refractivity contribution >= 4 is 43.9 Å². The SMILES string of the molecule is CCOC(=O)Cc1cnc(NC(=O)C(=NOC2CCCC2)c2ccc(S(C)(=O)=O)cc2)s1. The number of hydrogen-bond acceptors (Lipinski definition) is 9. The summed E-state index contributed by atoms with van der Waals surface area (Å²) in [5.41, 5.74) is 0.426. The Kier molecular flexibility index (Phi) is 7.97. The van der Waals surface area contributed by atoms with Crippen LogP contribution in [0.25, 0.3) is 0 Å². The van der Waals surface area contributed by atoms with Crippen LogP contribution in [-0.4, -0.2) is 50.0 Å². The number of benzene rings is 1. The maximum atomic E-state index is 13.0. The summed E-state index contributed by atoms with van der Waals surface area (Å²) >= 11 is 1.16. The Bertz CT molecular complexity index is 1090. The maximum Gasteiger partial charge on any atom is 0.311 e. The normalized spacial score (nSPS) is 14.9. The zero-order valence-electron chi connectivity index (χ0n) is 17.9. The Morgan fingerprint density at radius 2 is 1.91 bits per heavy atom. The van der Waals surface area contributed by atoms with Gasteiger partial charge in [0, 0.05) is 22.9 Å². The molecule has 0 unspecified atom stereocenters. The van der Waals surface area contributed by atoms with E-state index in [-0.39, 0.29) is 29.1 Å². The first-order valence-electron chi connectivity index (χ1n) is 10.2. The van der Waals surface area contributed by atoms with Crippen LogP contribution in [0.5, 0.6) is 0 Å². The van der Waals surface area contributed by atoms with Crippen molar-refractivity contribution in [3.63, 3.8) is 0 Å². The number of sulfone groups is 1. The molecule has 9 nitrogen and oxygen atoms in total. The highest BCUT2D eigenvalue weighted by molar-refractivity contribution is 7.90. The van der Waals surface area contributed by atoms with Crippen molar-refractivity contribution in [1.29, 1.82) is 0 Å². The molecule has 1 aliphatic carbocycles. The standard InChI is InChI=1S/C21H25N3O6S2/c1-3-29-18(25)12-16-13-22-21(31-16)23-20(26)19(24-30-15-6-4-5-7-15)14-8-10-17(11-9-14)32(2,27)28/h8-11,13,15H,3-7,12H2,1-2H3,(H,22,23,26). The minimum absolute atomic E-state index is 0.0130. The topological polar surface area (TPSA) is 124 Å². The van der Waals surface area contributed by atoms with Gasteiger partial charge in [-0.25, -0.2) is 13.4 Å². The van der Waals surface area contributed by atoms with Gasteiger partial charge in [-0.05, 0) is 44.7 Å². The molecule has 1 aromatic carbocycles. The molecule has 0 bridgehead atoms. The van der Waals surface area contributed by atoms with E-state index < -0.39 is 15.7 Å². The largest absolute Gasteiger partial charge is 0.466 e. The fourth-order valence-corrected chi connectivity index (χ4v) is 4.59. The predicted molar refractivity (Wildman–Crippen MR) is 121 cm³/mol. The zero-order chi connectivity index (χ0) is 23.1. The van der Waals surface area contributed by atoms with Crippen molar-refractivity contribution < 1.29 is 27.6 Å². The van der Waals surface area contributed by atoms with Crippen LogP contribution >= 0.6 is 11.3 Å². The van der Waals surface area contributed by atoms with Gasteiger partial charge in [-0.3, -0.25) is 14.9 Å². The minimum atomic E-state index is -3.37. The molecule has 0 saturated heterocycles. The first-order chi connectivity index (χ1) is 15.3. The molecule has 1 N–H and O–H groups in total. The summed E-state index contributed by atoms with van der Waals surface area (Å²) in [7, 11) is -3.37. The molecule has 172 valence electrons. The van der Waals surface area contributed by atoms with Crippen molar-refractivity contribution in [3.05, 3.63) is 40.9 Å². The van der Waals surface area contributed by atoms with Gasteiger partial charge < -0.3 is 9.57 Å². The van der Waals surface area contributed by atoms with Crippen molar-refractivity contribution in [2.45, 2.75) is 50.0 Å². The van der Waals surface area contributed by atoms with Crippen molar-refractivity contribution in [3.8, 4) is 0 Å². The molecule has 11 heteroatoms. The average Bonchev–Trinajstić information content (AvgIpc) is 3.40. The second kappa shape index (κ2) is 10.7. The third kappa shape index (κ3) is 6.60. The van der Waals surface area contributed by atoms with Gasteiger partial charge >= 0.3 is 5.97 Å². The lowest BCUT2D eigenvalue weighted by molar-refractivity contribution is -0.142. The molecule has 1 amide bonds. The summed E-state index contributed by atoms with van der Waals surface area (Å²) in [6, 6.07) is 5.87. The number of aromatic nitrogens is 1. The molecule has 1 saturated carbocycles. The number of thiazole rings is 1. The van der Waals surface area contributed by atoms with Gasteiger partial charge in [-0.2, -0.15) is 0 Å². The third-order valence-corrected chi connectivity index (χ3v) is 6.81. The molecule has 1 aromatic heterocycles. The van der Waals surface area contributed by atoms with Gasteiger partial charge in [0.2, 0.25) is 0 Å². The number of carbonyl (C=O) groups excluding carboxylic acids is 2.